The van der Waals surface area contributed by atoms with Crippen LogP contribution in [0.1, 0.15) is 11.1 Å². The van der Waals surface area contributed by atoms with Crippen molar-refractivity contribution >= 4 is 46.2 Å². The molecular weight excluding hydrogens is 429 g/mol. The van der Waals surface area contributed by atoms with Gasteiger partial charge in [0.2, 0.25) is 0 Å². The highest BCUT2D eigenvalue weighted by molar-refractivity contribution is 6.36. The summed E-state index contributed by atoms with van der Waals surface area (Å²) >= 11 is 12.3. The molecule has 0 aliphatic heterocycles. The Labute approximate surface area is 191 Å². The van der Waals surface area contributed by atoms with E-state index in [1.54, 1.807) is 18.2 Å². The maximum Gasteiger partial charge on any atom is 0.159 e. The Kier molecular flexibility index (Phi) is 6.55. The molecule has 7 heteroatoms. The molecule has 0 amide bonds. The lowest BCUT2D eigenvalue weighted by Gasteiger charge is -2.26. The number of halogens is 2. The summed E-state index contributed by atoms with van der Waals surface area (Å²) in [5, 5.41) is 4.24. The lowest BCUT2D eigenvalue weighted by molar-refractivity contribution is 0.782. The number of nitrogens with one attached hydrogen (secondary N) is 1. The third-order valence-electron chi connectivity index (χ3n) is 4.78. The van der Waals surface area contributed by atoms with Crippen LogP contribution in [0.4, 0.5) is 23.0 Å². The van der Waals surface area contributed by atoms with Crippen LogP contribution in [0, 0.1) is 0 Å². The Morgan fingerprint density at radius 2 is 1.42 bits per heavy atom. The third-order valence-corrected chi connectivity index (χ3v) is 5.33. The van der Waals surface area contributed by atoms with E-state index in [-0.39, 0.29) is 0 Å². The van der Waals surface area contributed by atoms with Crippen LogP contribution in [0.2, 0.25) is 10.0 Å². The molecule has 3 aromatic carbocycles. The second-order valence-electron chi connectivity index (χ2n) is 7.04. The van der Waals surface area contributed by atoms with Gasteiger partial charge in [0.15, 0.2) is 11.6 Å². The van der Waals surface area contributed by atoms with E-state index in [0.717, 1.165) is 11.1 Å². The molecule has 4 rings (SSSR count). The number of hydrogen-bond donors (Lipinski definition) is 2. The van der Waals surface area contributed by atoms with Crippen molar-refractivity contribution in [3.8, 4) is 0 Å². The predicted octanol–water partition coefficient (Wildman–Crippen LogP) is 6.32. The van der Waals surface area contributed by atoms with Gasteiger partial charge >= 0.3 is 0 Å². The Morgan fingerprint density at radius 1 is 0.806 bits per heavy atom. The summed E-state index contributed by atoms with van der Waals surface area (Å²) in [6.07, 6.45) is 1.50. The largest absolute Gasteiger partial charge is 0.393 e. The Bertz CT molecular complexity index is 1110. The van der Waals surface area contributed by atoms with E-state index < -0.39 is 0 Å². The van der Waals surface area contributed by atoms with E-state index in [4.69, 9.17) is 28.9 Å². The minimum atomic E-state index is 0.445. The smallest absolute Gasteiger partial charge is 0.159 e. The van der Waals surface area contributed by atoms with Gasteiger partial charge < -0.3 is 16.0 Å². The maximum absolute atomic E-state index is 6.52. The second kappa shape index (κ2) is 9.69. The van der Waals surface area contributed by atoms with Crippen LogP contribution < -0.4 is 16.0 Å². The summed E-state index contributed by atoms with van der Waals surface area (Å²) in [6, 6.07) is 25.6. The van der Waals surface area contributed by atoms with Gasteiger partial charge in [0.25, 0.3) is 0 Å². The van der Waals surface area contributed by atoms with Gasteiger partial charge in [0.05, 0.1) is 10.7 Å². The molecule has 0 aliphatic carbocycles. The first-order valence-electron chi connectivity index (χ1n) is 9.75. The number of aromatic nitrogens is 2. The average Bonchev–Trinajstić information content (AvgIpc) is 2.78. The van der Waals surface area contributed by atoms with Crippen LogP contribution in [0.5, 0.6) is 0 Å². The molecule has 0 unspecified atom stereocenters. The molecule has 5 nitrogen and oxygen atoms in total. The fourth-order valence-corrected chi connectivity index (χ4v) is 3.73. The molecule has 0 saturated heterocycles. The summed E-state index contributed by atoms with van der Waals surface area (Å²) in [5.74, 6) is 1.13. The van der Waals surface area contributed by atoms with Gasteiger partial charge in [-0.2, -0.15) is 0 Å². The minimum Gasteiger partial charge on any atom is -0.393 e. The van der Waals surface area contributed by atoms with Gasteiger partial charge in [-0.15, -0.1) is 0 Å². The Morgan fingerprint density at radius 3 is 2.00 bits per heavy atom. The zero-order valence-corrected chi connectivity index (χ0v) is 18.2. The van der Waals surface area contributed by atoms with Crippen molar-refractivity contribution in [1.82, 2.24) is 9.97 Å². The van der Waals surface area contributed by atoms with Crippen molar-refractivity contribution in [3.63, 3.8) is 0 Å². The zero-order valence-electron chi connectivity index (χ0n) is 16.7. The van der Waals surface area contributed by atoms with Crippen molar-refractivity contribution in [3.05, 3.63) is 106 Å². The highest BCUT2D eigenvalue weighted by Gasteiger charge is 2.17. The van der Waals surface area contributed by atoms with Crippen LogP contribution >= 0.6 is 23.2 Å². The van der Waals surface area contributed by atoms with Crippen LogP contribution in [0.25, 0.3) is 0 Å². The number of nitrogens with two attached hydrogens (primary N) is 1. The number of nitrogen functional groups attached to an aromatic ring is 1. The van der Waals surface area contributed by atoms with Crippen LogP contribution in [-0.4, -0.2) is 9.97 Å². The fourth-order valence-electron chi connectivity index (χ4n) is 3.27. The fraction of sp³-hybridized carbons (Fsp3) is 0.0833. The summed E-state index contributed by atoms with van der Waals surface area (Å²) in [7, 11) is 0. The molecular formula is C24H21Cl2N5. The maximum atomic E-state index is 6.52. The van der Waals surface area contributed by atoms with Crippen molar-refractivity contribution < 1.29 is 0 Å². The van der Waals surface area contributed by atoms with Crippen LogP contribution in [-0.2, 0) is 13.1 Å². The molecule has 0 bridgehead atoms. The van der Waals surface area contributed by atoms with Crippen molar-refractivity contribution in [1.29, 1.82) is 0 Å². The first-order valence-corrected chi connectivity index (χ1v) is 10.5. The van der Waals surface area contributed by atoms with E-state index in [1.165, 1.54) is 6.33 Å². The van der Waals surface area contributed by atoms with E-state index in [2.05, 4.69) is 44.5 Å². The van der Waals surface area contributed by atoms with Crippen LogP contribution in [0.3, 0.4) is 0 Å². The molecule has 31 heavy (non-hydrogen) atoms. The summed E-state index contributed by atoms with van der Waals surface area (Å²) in [6.45, 7) is 1.30. The standard InChI is InChI=1S/C24H21Cl2N5/c25-19-11-12-21(20(26)13-19)30-23-22(27)24(29-16-28-23)31(14-17-7-3-1-4-8-17)15-18-9-5-2-6-10-18/h1-13,16H,14-15,27H2,(H,28,29,30). The van der Waals surface area contributed by atoms with E-state index in [1.807, 2.05) is 36.4 Å². The van der Waals surface area contributed by atoms with E-state index >= 15 is 0 Å². The average molecular weight is 450 g/mol. The number of benzene rings is 3. The van der Waals surface area contributed by atoms with Gasteiger partial charge in [-0.05, 0) is 29.3 Å². The molecule has 1 heterocycles. The monoisotopic (exact) mass is 449 g/mol. The molecule has 4 aromatic rings. The molecule has 156 valence electrons. The molecule has 1 aromatic heterocycles. The Balaban J connectivity index is 1.67. The van der Waals surface area contributed by atoms with Crippen LogP contribution in [0.15, 0.2) is 85.2 Å². The first kappa shape index (κ1) is 21.0. The van der Waals surface area contributed by atoms with E-state index in [9.17, 15) is 0 Å². The van der Waals surface area contributed by atoms with Gasteiger partial charge in [0, 0.05) is 18.1 Å². The highest BCUT2D eigenvalue weighted by Crippen LogP contribution is 2.33. The van der Waals surface area contributed by atoms with Crippen molar-refractivity contribution in [2.45, 2.75) is 13.1 Å². The first-order chi connectivity index (χ1) is 15.1. The topological polar surface area (TPSA) is 67.1 Å². The van der Waals surface area contributed by atoms with Gasteiger partial charge in [-0.25, -0.2) is 9.97 Å². The lowest BCUT2D eigenvalue weighted by Crippen LogP contribution is -2.24. The zero-order chi connectivity index (χ0) is 21.6. The minimum absolute atomic E-state index is 0.445. The van der Waals surface area contributed by atoms with E-state index in [0.29, 0.717) is 46.1 Å². The highest BCUT2D eigenvalue weighted by atomic mass is 35.5. The lowest BCUT2D eigenvalue weighted by atomic mass is 10.1. The van der Waals surface area contributed by atoms with Gasteiger partial charge in [-0.3, -0.25) is 0 Å². The molecule has 0 saturated carbocycles. The molecule has 3 N–H and O–H groups in total. The quantitative estimate of drug-likeness (QED) is 0.345. The van der Waals surface area contributed by atoms with Crippen molar-refractivity contribution in [2.24, 2.45) is 0 Å². The summed E-state index contributed by atoms with van der Waals surface area (Å²) in [5.41, 5.74) is 9.95. The summed E-state index contributed by atoms with van der Waals surface area (Å²) in [4.78, 5) is 11.0. The molecule has 0 fully saturated rings. The second-order valence-corrected chi connectivity index (χ2v) is 7.88. The SMILES string of the molecule is Nc1c(Nc2ccc(Cl)cc2Cl)ncnc1N(Cc1ccccc1)Cc1ccccc1. The third kappa shape index (κ3) is 5.26. The van der Waals surface area contributed by atoms with Gasteiger partial charge in [0.1, 0.15) is 12.0 Å². The Hall–Kier alpha value is -3.28. The number of rotatable bonds is 7. The molecule has 0 atom stereocenters. The van der Waals surface area contributed by atoms with Gasteiger partial charge in [-0.1, -0.05) is 83.9 Å². The molecule has 0 spiro atoms. The number of hydrogen-bond acceptors (Lipinski definition) is 5. The summed E-state index contributed by atoms with van der Waals surface area (Å²) < 4.78 is 0. The number of anilines is 4. The normalized spacial score (nSPS) is 10.6. The molecule has 0 aliphatic rings. The van der Waals surface area contributed by atoms with Crippen molar-refractivity contribution in [2.75, 3.05) is 16.0 Å². The number of nitrogens with zero attached hydrogens (tertiary/aromatic N) is 3. The molecule has 0 radical (unpaired) electrons. The predicted molar refractivity (Wildman–Crippen MR) is 129 cm³/mol.